The van der Waals surface area contributed by atoms with Gasteiger partial charge in [-0.1, -0.05) is 154 Å². The molecule has 0 saturated carbocycles. The Balaban J connectivity index is 0.00000578. The van der Waals surface area contributed by atoms with Crippen molar-refractivity contribution in [2.24, 2.45) is 0 Å². The van der Waals surface area contributed by atoms with Gasteiger partial charge in [0.1, 0.15) is 5.82 Å². The zero-order valence-electron chi connectivity index (χ0n) is 41.4. The minimum atomic E-state index is -0.578. The summed E-state index contributed by atoms with van der Waals surface area (Å²) >= 11 is 0. The van der Waals surface area contributed by atoms with Crippen LogP contribution in [-0.4, -0.2) is 19.1 Å². The summed E-state index contributed by atoms with van der Waals surface area (Å²) in [5.74, 6) is 1.39. The first-order valence-corrected chi connectivity index (χ1v) is 18.3. The van der Waals surface area contributed by atoms with Gasteiger partial charge in [0, 0.05) is 44.3 Å². The molecule has 0 aliphatic heterocycles. The molecule has 4 heterocycles. The van der Waals surface area contributed by atoms with Crippen LogP contribution in [0, 0.1) is 18.5 Å². The molecule has 0 radical (unpaired) electrons. The molecule has 10 aromatic rings. The summed E-state index contributed by atoms with van der Waals surface area (Å²) in [4.78, 5) is 9.30. The van der Waals surface area contributed by atoms with Crippen LogP contribution in [0.1, 0.15) is 40.0 Å². The molecule has 0 aliphatic rings. The van der Waals surface area contributed by atoms with Gasteiger partial charge in [-0.3, -0.25) is 4.57 Å². The fraction of sp³-hybridized carbons (Fsp3) is 0.0784. The van der Waals surface area contributed by atoms with Crippen LogP contribution in [0.15, 0.2) is 170 Å². The van der Waals surface area contributed by atoms with Gasteiger partial charge >= 0.3 is 0 Å². The predicted octanol–water partition coefficient (Wildman–Crippen LogP) is 11.6. The summed E-state index contributed by atoms with van der Waals surface area (Å²) < 4.78 is 98.4. The number of pyridine rings is 2. The molecule has 0 spiro atoms. The van der Waals surface area contributed by atoms with Gasteiger partial charge in [0.05, 0.1) is 30.4 Å². The Labute approximate surface area is 366 Å². The molecule has 6 aromatic carbocycles. The molecule has 0 N–H and O–H groups in total. The van der Waals surface area contributed by atoms with Crippen molar-refractivity contribution in [1.29, 1.82) is 0 Å². The van der Waals surface area contributed by atoms with Crippen molar-refractivity contribution in [1.82, 2.24) is 19.1 Å². The topological polar surface area (TPSA) is 48.8 Å². The van der Waals surface area contributed by atoms with E-state index in [2.05, 4.69) is 67.0 Å². The van der Waals surface area contributed by atoms with Gasteiger partial charge in [-0.25, -0.2) is 4.98 Å². The summed E-state index contributed by atoms with van der Waals surface area (Å²) in [5.41, 5.74) is 4.33. The molecule has 0 fully saturated rings. The van der Waals surface area contributed by atoms with E-state index in [0.29, 0.717) is 22.5 Å². The van der Waals surface area contributed by atoms with E-state index in [-0.39, 0.29) is 60.2 Å². The van der Waals surface area contributed by atoms with Crippen LogP contribution in [0.5, 0.6) is 11.5 Å². The Hall–Kier alpha value is -6.62. The van der Waals surface area contributed by atoms with Crippen LogP contribution in [-0.2, 0) is 26.5 Å². The maximum atomic E-state index is 8.98. The number of rotatable bonds is 7. The molecule has 0 atom stereocenters. The van der Waals surface area contributed by atoms with E-state index in [9.17, 15) is 0 Å². The molecule has 0 aliphatic carbocycles. The normalized spacial score (nSPS) is 14.0. The van der Waals surface area contributed by atoms with Crippen molar-refractivity contribution in [2.45, 2.75) is 26.2 Å². The standard InChI is InChI=1S/C51H37N5O.Pt/c1-51(2,3)37-27-28-53-49(29-37)56-45-22-11-10-19-43(45)44-26-25-39(31-48(44)56)57-40-30-38(32-52-33-40)54-34-55(47-24-13-12-23-46(47)54)50-41(35-15-6-4-7-16-35)20-14-21-42(50)36-17-8-5-9-18-36;/h4-29,32-33H,1-3H3;/q-2;/i4D,5D,6D,7D,8D,9D,15D,16D,17D,18D;. The van der Waals surface area contributed by atoms with Crippen molar-refractivity contribution in [3.63, 3.8) is 0 Å². The van der Waals surface area contributed by atoms with Gasteiger partial charge in [-0.15, -0.1) is 23.6 Å². The first-order valence-electron chi connectivity index (χ1n) is 23.3. The summed E-state index contributed by atoms with van der Waals surface area (Å²) in [6.45, 7) is 6.48. The van der Waals surface area contributed by atoms with Gasteiger partial charge in [-0.05, 0) is 68.7 Å². The molecule has 0 unspecified atom stereocenters. The first-order chi connectivity index (χ1) is 32.0. The van der Waals surface area contributed by atoms with E-state index in [1.807, 2.05) is 48.7 Å². The average Bonchev–Trinajstić information content (AvgIpc) is 3.87. The maximum Gasteiger partial charge on any atom is 0.268 e. The Morgan fingerprint density at radius 1 is 0.690 bits per heavy atom. The van der Waals surface area contributed by atoms with Crippen LogP contribution in [0.3, 0.4) is 0 Å². The summed E-state index contributed by atoms with van der Waals surface area (Å²) in [7, 11) is 0. The quantitative estimate of drug-likeness (QED) is 0.118. The average molecular weight is 941 g/mol. The van der Waals surface area contributed by atoms with Crippen LogP contribution < -0.4 is 9.30 Å². The zero-order valence-corrected chi connectivity index (χ0v) is 33.6. The third-order valence-corrected chi connectivity index (χ3v) is 9.86. The van der Waals surface area contributed by atoms with Crippen LogP contribution in [0.4, 0.5) is 0 Å². The van der Waals surface area contributed by atoms with E-state index in [1.165, 1.54) is 6.20 Å². The molecule has 0 saturated heterocycles. The van der Waals surface area contributed by atoms with Crippen molar-refractivity contribution < 1.29 is 44.1 Å². The fourth-order valence-corrected chi connectivity index (χ4v) is 7.19. The van der Waals surface area contributed by atoms with Crippen LogP contribution >= 0.6 is 0 Å². The Bertz CT molecular complexity index is 3550. The van der Waals surface area contributed by atoms with E-state index in [1.54, 1.807) is 45.7 Å². The van der Waals surface area contributed by atoms with E-state index in [4.69, 9.17) is 23.4 Å². The molecule has 4 aromatic heterocycles. The Morgan fingerprint density at radius 2 is 1.38 bits per heavy atom. The van der Waals surface area contributed by atoms with Gasteiger partial charge in [0.15, 0.2) is 0 Å². The minimum Gasteiger partial charge on any atom is -0.508 e. The third-order valence-electron chi connectivity index (χ3n) is 9.86. The second-order valence-corrected chi connectivity index (χ2v) is 14.4. The number of ether oxygens (including phenoxy) is 1. The largest absolute Gasteiger partial charge is 0.508 e. The Kier molecular flexibility index (Phi) is 7.02. The number of hydrogen-bond acceptors (Lipinski definition) is 3. The number of para-hydroxylation sites is 4. The summed E-state index contributed by atoms with van der Waals surface area (Å²) in [5, 5.41) is 2.00. The number of benzene rings is 6. The number of aromatic nitrogens is 5. The van der Waals surface area contributed by atoms with Crippen molar-refractivity contribution >= 4 is 32.8 Å². The van der Waals surface area contributed by atoms with Gasteiger partial charge < -0.3 is 18.9 Å². The number of nitrogens with zero attached hydrogens (tertiary/aromatic N) is 5. The van der Waals surface area contributed by atoms with E-state index >= 15 is 0 Å². The van der Waals surface area contributed by atoms with Crippen LogP contribution in [0.25, 0.3) is 72.3 Å². The molecule has 284 valence electrons. The summed E-state index contributed by atoms with van der Waals surface area (Å²) in [6.07, 6.45) is 8.26. The predicted molar refractivity (Wildman–Crippen MR) is 227 cm³/mol. The number of fused-ring (bicyclic) bond motifs is 4. The minimum absolute atomic E-state index is 0. The molecule has 0 bridgehead atoms. The number of hydrogen-bond donors (Lipinski definition) is 0. The summed E-state index contributed by atoms with van der Waals surface area (Å²) in [6, 6.07) is 29.4. The monoisotopic (exact) mass is 940 g/mol. The van der Waals surface area contributed by atoms with Crippen LogP contribution in [0.2, 0.25) is 0 Å². The molecule has 6 nitrogen and oxygen atoms in total. The molecule has 0 amide bonds. The second-order valence-electron chi connectivity index (χ2n) is 14.4. The van der Waals surface area contributed by atoms with E-state index < -0.39 is 60.4 Å². The molecule has 7 heteroatoms. The third kappa shape index (κ3) is 6.59. The van der Waals surface area contributed by atoms with Crippen molar-refractivity contribution in [2.75, 3.05) is 0 Å². The van der Waals surface area contributed by atoms with Gasteiger partial charge in [0.25, 0.3) is 6.33 Å². The van der Waals surface area contributed by atoms with Gasteiger partial charge in [-0.2, -0.15) is 6.07 Å². The van der Waals surface area contributed by atoms with Crippen molar-refractivity contribution in [3.05, 3.63) is 194 Å². The molecule has 58 heavy (non-hydrogen) atoms. The smallest absolute Gasteiger partial charge is 0.268 e. The molecular formula is C51H37N5OPt-2. The number of imidazole rings is 1. The maximum absolute atomic E-state index is 8.98. The SMILES string of the molecule is [2H]c1c([2H])c([2H])c(-c2cccc(-c3c([2H])c([2H])c([2H])c([2H])c3[2H])c2-[n+]2[c-]n(-c3[c-]c(Oc4[c-]c5c(cc4)c4ccccc4n5-c4cc(C(C)(C)C)ccn4)cnc3)c3ccccc32)c([2H])c1[2H].[Pt]. The second kappa shape index (κ2) is 15.0. The zero-order chi connectivity index (χ0) is 47.2. The first kappa shape index (κ1) is 27.1. The molecule has 10 rings (SSSR count). The molecular weight excluding hydrogens is 894 g/mol. The van der Waals surface area contributed by atoms with Crippen molar-refractivity contribution in [3.8, 4) is 50.9 Å². The fourth-order valence-electron chi connectivity index (χ4n) is 7.19. The van der Waals surface area contributed by atoms with E-state index in [0.717, 1.165) is 33.2 Å². The van der Waals surface area contributed by atoms with Gasteiger partial charge in [0.2, 0.25) is 0 Å². The Morgan fingerprint density at radius 3 is 2.10 bits per heavy atom.